The molecule has 0 amide bonds. The van der Waals surface area contributed by atoms with Crippen molar-refractivity contribution in [3.63, 3.8) is 0 Å². The fourth-order valence-electron chi connectivity index (χ4n) is 2.02. The highest BCUT2D eigenvalue weighted by molar-refractivity contribution is 4.64. The average Bonchev–Trinajstić information content (AvgIpc) is 2.86. The predicted molar refractivity (Wildman–Crippen MR) is 71.9 cm³/mol. The Kier molecular flexibility index (Phi) is 9.42. The Morgan fingerprint density at radius 1 is 1.00 bits per heavy atom. The number of nitrogens with zero attached hydrogens (tertiary/aromatic N) is 2. The first kappa shape index (κ1) is 15.9. The van der Waals surface area contributed by atoms with Gasteiger partial charge in [0.1, 0.15) is 0 Å². The van der Waals surface area contributed by atoms with E-state index in [2.05, 4.69) is 4.90 Å². The van der Waals surface area contributed by atoms with Crippen LogP contribution in [0.25, 0.3) is 0 Å². The second-order valence-electron chi connectivity index (χ2n) is 4.80. The van der Waals surface area contributed by atoms with Crippen LogP contribution in [0, 0.1) is 0 Å². The van der Waals surface area contributed by atoms with Crippen molar-refractivity contribution >= 4 is 0 Å². The molecule has 1 aliphatic rings. The van der Waals surface area contributed by atoms with E-state index in [4.69, 9.17) is 14.6 Å². The molecule has 0 aromatic carbocycles. The van der Waals surface area contributed by atoms with Gasteiger partial charge in [-0.25, -0.2) is 0 Å². The summed E-state index contributed by atoms with van der Waals surface area (Å²) in [6.45, 7) is 8.14. The van der Waals surface area contributed by atoms with Crippen molar-refractivity contribution in [2.24, 2.45) is 0 Å². The molecule has 0 bridgehead atoms. The van der Waals surface area contributed by atoms with Crippen molar-refractivity contribution in [2.75, 3.05) is 72.8 Å². The number of hydrogen-bond acceptors (Lipinski definition) is 5. The minimum atomic E-state index is 0.204. The zero-order chi connectivity index (χ0) is 13.1. The number of aliphatic hydroxyl groups is 1. The molecule has 1 rings (SSSR count). The molecule has 0 aromatic heterocycles. The predicted octanol–water partition coefficient (Wildman–Crippen LogP) is 0.0395. The molecule has 0 unspecified atom stereocenters. The van der Waals surface area contributed by atoms with Gasteiger partial charge in [0.15, 0.2) is 0 Å². The number of likely N-dealkylation sites (N-methyl/N-ethyl adjacent to an activating group) is 1. The third-order valence-corrected chi connectivity index (χ3v) is 3.22. The molecule has 0 spiro atoms. The molecule has 1 N–H and O–H groups in total. The zero-order valence-corrected chi connectivity index (χ0v) is 11.6. The van der Waals surface area contributed by atoms with Crippen LogP contribution in [0.15, 0.2) is 0 Å². The molecular weight excluding hydrogens is 232 g/mol. The van der Waals surface area contributed by atoms with Crippen LogP contribution in [0.3, 0.4) is 0 Å². The van der Waals surface area contributed by atoms with Crippen LogP contribution < -0.4 is 0 Å². The first-order valence-electron chi connectivity index (χ1n) is 7.00. The number of likely N-dealkylation sites (tertiary alicyclic amines) is 1. The third-order valence-electron chi connectivity index (χ3n) is 3.22. The van der Waals surface area contributed by atoms with Crippen LogP contribution >= 0.6 is 0 Å². The van der Waals surface area contributed by atoms with Gasteiger partial charge in [0.05, 0.1) is 33.0 Å². The van der Waals surface area contributed by atoms with Crippen LogP contribution in [0.5, 0.6) is 0 Å². The molecule has 1 fully saturated rings. The fourth-order valence-corrected chi connectivity index (χ4v) is 2.02. The maximum absolute atomic E-state index is 8.72. The van der Waals surface area contributed by atoms with Gasteiger partial charge in [-0.1, -0.05) is 0 Å². The SMILES string of the molecule is CN(CCO)CCOCCOCCN1CCCC1. The van der Waals surface area contributed by atoms with E-state index in [0.29, 0.717) is 26.4 Å². The first-order chi connectivity index (χ1) is 8.83. The summed E-state index contributed by atoms with van der Waals surface area (Å²) in [6.07, 6.45) is 2.68. The molecule has 5 heteroatoms. The Labute approximate surface area is 111 Å². The van der Waals surface area contributed by atoms with Crippen molar-refractivity contribution in [3.05, 3.63) is 0 Å². The number of hydrogen-bond donors (Lipinski definition) is 1. The van der Waals surface area contributed by atoms with E-state index >= 15 is 0 Å². The number of ether oxygens (including phenoxy) is 2. The number of rotatable bonds is 11. The summed E-state index contributed by atoms with van der Waals surface area (Å²) in [7, 11) is 1.98. The van der Waals surface area contributed by atoms with E-state index in [1.807, 2.05) is 11.9 Å². The second kappa shape index (κ2) is 10.7. The minimum Gasteiger partial charge on any atom is -0.395 e. The lowest BCUT2D eigenvalue weighted by Crippen LogP contribution is -2.27. The molecule has 0 aromatic rings. The topological polar surface area (TPSA) is 45.2 Å². The lowest BCUT2D eigenvalue weighted by atomic mass is 10.4. The van der Waals surface area contributed by atoms with Crippen molar-refractivity contribution < 1.29 is 14.6 Å². The summed E-state index contributed by atoms with van der Waals surface area (Å²) in [6, 6.07) is 0. The smallest absolute Gasteiger partial charge is 0.0701 e. The second-order valence-corrected chi connectivity index (χ2v) is 4.80. The molecule has 18 heavy (non-hydrogen) atoms. The molecule has 1 saturated heterocycles. The Morgan fingerprint density at radius 3 is 2.33 bits per heavy atom. The molecule has 0 atom stereocenters. The molecular formula is C13H28N2O3. The van der Waals surface area contributed by atoms with Crippen molar-refractivity contribution in [1.82, 2.24) is 9.80 Å². The Balaban J connectivity index is 1.75. The van der Waals surface area contributed by atoms with Crippen molar-refractivity contribution in [3.8, 4) is 0 Å². The minimum absolute atomic E-state index is 0.204. The van der Waals surface area contributed by atoms with Crippen molar-refractivity contribution in [2.45, 2.75) is 12.8 Å². The lowest BCUT2D eigenvalue weighted by molar-refractivity contribution is 0.0338. The van der Waals surface area contributed by atoms with Gasteiger partial charge in [0.2, 0.25) is 0 Å². The zero-order valence-electron chi connectivity index (χ0n) is 11.6. The van der Waals surface area contributed by atoms with Crippen LogP contribution in [-0.4, -0.2) is 87.7 Å². The van der Waals surface area contributed by atoms with Gasteiger partial charge in [-0.15, -0.1) is 0 Å². The normalized spacial score (nSPS) is 16.8. The van der Waals surface area contributed by atoms with Gasteiger partial charge in [-0.05, 0) is 33.0 Å². The van der Waals surface area contributed by atoms with Gasteiger partial charge in [-0.3, -0.25) is 0 Å². The van der Waals surface area contributed by atoms with Crippen LogP contribution in [0.2, 0.25) is 0 Å². The summed E-state index contributed by atoms with van der Waals surface area (Å²) in [4.78, 5) is 4.50. The maximum atomic E-state index is 8.72. The van der Waals surface area contributed by atoms with Gasteiger partial charge in [0, 0.05) is 19.6 Å². The Bertz CT molecular complexity index is 187. The average molecular weight is 260 g/mol. The quantitative estimate of drug-likeness (QED) is 0.531. The van der Waals surface area contributed by atoms with E-state index in [0.717, 1.165) is 19.7 Å². The van der Waals surface area contributed by atoms with Gasteiger partial charge < -0.3 is 24.4 Å². The highest BCUT2D eigenvalue weighted by Crippen LogP contribution is 2.05. The van der Waals surface area contributed by atoms with E-state index in [1.54, 1.807) is 0 Å². The molecule has 0 radical (unpaired) electrons. The van der Waals surface area contributed by atoms with Crippen LogP contribution in [-0.2, 0) is 9.47 Å². The highest BCUT2D eigenvalue weighted by atomic mass is 16.5. The Hall–Kier alpha value is -0.200. The van der Waals surface area contributed by atoms with Crippen LogP contribution in [0.1, 0.15) is 12.8 Å². The van der Waals surface area contributed by atoms with Crippen LogP contribution in [0.4, 0.5) is 0 Å². The standard InChI is InChI=1S/C13H28N2O3/c1-14(6-9-16)7-10-17-12-13-18-11-8-15-4-2-3-5-15/h16H,2-13H2,1H3. The monoisotopic (exact) mass is 260 g/mol. The summed E-state index contributed by atoms with van der Waals surface area (Å²) < 4.78 is 11.0. The molecule has 5 nitrogen and oxygen atoms in total. The van der Waals surface area contributed by atoms with Crippen molar-refractivity contribution in [1.29, 1.82) is 0 Å². The largest absolute Gasteiger partial charge is 0.395 e. The highest BCUT2D eigenvalue weighted by Gasteiger charge is 2.10. The lowest BCUT2D eigenvalue weighted by Gasteiger charge is -2.15. The molecule has 108 valence electrons. The summed E-state index contributed by atoms with van der Waals surface area (Å²) in [5.74, 6) is 0. The van der Waals surface area contributed by atoms with E-state index in [-0.39, 0.29) is 6.61 Å². The van der Waals surface area contributed by atoms with E-state index in [1.165, 1.54) is 25.9 Å². The fraction of sp³-hybridized carbons (Fsp3) is 1.00. The Morgan fingerprint density at radius 2 is 1.67 bits per heavy atom. The molecule has 0 saturated carbocycles. The molecule has 1 heterocycles. The van der Waals surface area contributed by atoms with Gasteiger partial charge >= 0.3 is 0 Å². The summed E-state index contributed by atoms with van der Waals surface area (Å²) in [5.41, 5.74) is 0. The van der Waals surface area contributed by atoms with Gasteiger partial charge in [-0.2, -0.15) is 0 Å². The van der Waals surface area contributed by atoms with E-state index in [9.17, 15) is 0 Å². The summed E-state index contributed by atoms with van der Waals surface area (Å²) in [5, 5.41) is 8.72. The first-order valence-corrected chi connectivity index (χ1v) is 7.00. The van der Waals surface area contributed by atoms with Gasteiger partial charge in [0.25, 0.3) is 0 Å². The molecule has 0 aliphatic carbocycles. The maximum Gasteiger partial charge on any atom is 0.0701 e. The molecule has 1 aliphatic heterocycles. The number of aliphatic hydroxyl groups excluding tert-OH is 1. The van der Waals surface area contributed by atoms with E-state index < -0.39 is 0 Å². The summed E-state index contributed by atoms with van der Waals surface area (Å²) >= 11 is 0. The third kappa shape index (κ3) is 8.00.